The molecule has 60 valence electrons. The molecule has 0 spiro atoms. The summed E-state index contributed by atoms with van der Waals surface area (Å²) < 4.78 is 2.48. The van der Waals surface area contributed by atoms with Gasteiger partial charge < -0.3 is 4.57 Å². The Hall–Kier alpha value is -0.720. The fraction of sp³-hybridized carbons (Fsp3) is 0.600. The Balaban J connectivity index is 2.33. The quantitative estimate of drug-likeness (QED) is 0.578. The van der Waals surface area contributed by atoms with Crippen molar-refractivity contribution in [3.63, 3.8) is 0 Å². The second-order valence-electron chi connectivity index (χ2n) is 3.57. The molecule has 1 heteroatoms. The van der Waals surface area contributed by atoms with Gasteiger partial charge in [-0.05, 0) is 45.2 Å². The summed E-state index contributed by atoms with van der Waals surface area (Å²) in [4.78, 5) is 0. The molecule has 1 aliphatic rings. The summed E-state index contributed by atoms with van der Waals surface area (Å²) in [5.41, 5.74) is 2.85. The van der Waals surface area contributed by atoms with E-state index in [2.05, 4.69) is 30.5 Å². The number of aromatic nitrogens is 1. The van der Waals surface area contributed by atoms with E-state index in [1.165, 1.54) is 30.7 Å². The summed E-state index contributed by atoms with van der Waals surface area (Å²) in [6.07, 6.45) is 4.19. The first-order valence-corrected chi connectivity index (χ1v) is 4.43. The maximum Gasteiger partial charge on any atom is 0.0335 e. The van der Waals surface area contributed by atoms with Crippen molar-refractivity contribution in [2.75, 3.05) is 0 Å². The largest absolute Gasteiger partial charge is 0.346 e. The van der Waals surface area contributed by atoms with E-state index in [4.69, 9.17) is 0 Å². The Kier molecular flexibility index (Phi) is 1.52. The minimum Gasteiger partial charge on any atom is -0.346 e. The fourth-order valence-electron chi connectivity index (χ4n) is 1.90. The van der Waals surface area contributed by atoms with Crippen molar-refractivity contribution in [2.45, 2.75) is 39.2 Å². The fourth-order valence-corrected chi connectivity index (χ4v) is 1.90. The zero-order valence-corrected chi connectivity index (χ0v) is 7.30. The average molecular weight is 149 g/mol. The van der Waals surface area contributed by atoms with E-state index in [1.807, 2.05) is 0 Å². The third-order valence-electron chi connectivity index (χ3n) is 2.77. The first kappa shape index (κ1) is 6.96. The number of aryl methyl sites for hydroxylation is 2. The van der Waals surface area contributed by atoms with Crippen molar-refractivity contribution in [1.82, 2.24) is 4.57 Å². The van der Waals surface area contributed by atoms with Crippen LogP contribution in [0.3, 0.4) is 0 Å². The second kappa shape index (κ2) is 2.40. The van der Waals surface area contributed by atoms with Gasteiger partial charge >= 0.3 is 0 Å². The van der Waals surface area contributed by atoms with Gasteiger partial charge in [0.05, 0.1) is 0 Å². The zero-order valence-electron chi connectivity index (χ0n) is 7.30. The normalized spacial score (nSPS) is 18.4. The molecule has 0 radical (unpaired) electrons. The highest BCUT2D eigenvalue weighted by Crippen LogP contribution is 2.33. The molecule has 0 saturated heterocycles. The lowest BCUT2D eigenvalue weighted by molar-refractivity contribution is 0.306. The van der Waals surface area contributed by atoms with Crippen LogP contribution < -0.4 is 0 Å². The van der Waals surface area contributed by atoms with Gasteiger partial charge in [-0.2, -0.15) is 0 Å². The van der Waals surface area contributed by atoms with Crippen molar-refractivity contribution in [2.24, 2.45) is 0 Å². The maximum absolute atomic E-state index is 2.48. The highest BCUT2D eigenvalue weighted by molar-refractivity contribution is 5.15. The minimum atomic E-state index is 0.824. The molecule has 1 fully saturated rings. The van der Waals surface area contributed by atoms with Crippen LogP contribution >= 0.6 is 0 Å². The molecule has 1 heterocycles. The van der Waals surface area contributed by atoms with Crippen molar-refractivity contribution >= 4 is 0 Å². The molecular weight excluding hydrogens is 134 g/mol. The van der Waals surface area contributed by atoms with Crippen LogP contribution in [-0.4, -0.2) is 4.57 Å². The summed E-state index contributed by atoms with van der Waals surface area (Å²) in [6, 6.07) is 5.26. The molecule has 0 atom stereocenters. The van der Waals surface area contributed by atoms with Gasteiger partial charge in [-0.1, -0.05) is 0 Å². The Morgan fingerprint density at radius 2 is 1.73 bits per heavy atom. The Morgan fingerprint density at radius 3 is 2.09 bits per heavy atom. The molecule has 0 aliphatic heterocycles. The number of nitrogens with zero attached hydrogens (tertiary/aromatic N) is 1. The molecule has 1 saturated carbocycles. The van der Waals surface area contributed by atoms with Crippen LogP contribution in [0.1, 0.15) is 36.7 Å². The summed E-state index contributed by atoms with van der Waals surface area (Å²) >= 11 is 0. The predicted molar refractivity (Wildman–Crippen MR) is 46.8 cm³/mol. The van der Waals surface area contributed by atoms with E-state index < -0.39 is 0 Å². The van der Waals surface area contributed by atoms with E-state index in [0.29, 0.717) is 0 Å². The van der Waals surface area contributed by atoms with Gasteiger partial charge in [0.25, 0.3) is 0 Å². The van der Waals surface area contributed by atoms with E-state index in [1.54, 1.807) is 0 Å². The van der Waals surface area contributed by atoms with Crippen molar-refractivity contribution < 1.29 is 0 Å². The highest BCUT2D eigenvalue weighted by Gasteiger charge is 2.20. The van der Waals surface area contributed by atoms with Crippen LogP contribution in [0.15, 0.2) is 12.1 Å². The Labute approximate surface area is 68.0 Å². The van der Waals surface area contributed by atoms with Gasteiger partial charge in [0.2, 0.25) is 0 Å². The molecule has 0 bridgehead atoms. The van der Waals surface area contributed by atoms with Gasteiger partial charge in [0.1, 0.15) is 0 Å². The van der Waals surface area contributed by atoms with Gasteiger partial charge in [0, 0.05) is 17.4 Å². The summed E-state index contributed by atoms with van der Waals surface area (Å²) in [6.45, 7) is 4.40. The molecule has 2 rings (SSSR count). The SMILES string of the molecule is Cc1ccc(C)n1C1CCC1. The van der Waals surface area contributed by atoms with Crippen LogP contribution in [0.4, 0.5) is 0 Å². The standard InChI is InChI=1S/C10H15N/c1-8-6-7-9(2)11(8)10-4-3-5-10/h6-7,10H,3-5H2,1-2H3. The van der Waals surface area contributed by atoms with Crippen molar-refractivity contribution in [1.29, 1.82) is 0 Å². The average Bonchev–Trinajstić information content (AvgIpc) is 2.15. The lowest BCUT2D eigenvalue weighted by Crippen LogP contribution is -2.18. The first-order valence-electron chi connectivity index (χ1n) is 4.43. The zero-order chi connectivity index (χ0) is 7.84. The first-order chi connectivity index (χ1) is 5.29. The predicted octanol–water partition coefficient (Wildman–Crippen LogP) is 2.83. The van der Waals surface area contributed by atoms with Crippen LogP contribution in [-0.2, 0) is 0 Å². The van der Waals surface area contributed by atoms with E-state index in [-0.39, 0.29) is 0 Å². The van der Waals surface area contributed by atoms with Crippen LogP contribution in [0.5, 0.6) is 0 Å². The third-order valence-corrected chi connectivity index (χ3v) is 2.77. The van der Waals surface area contributed by atoms with E-state index in [9.17, 15) is 0 Å². The number of rotatable bonds is 1. The summed E-state index contributed by atoms with van der Waals surface area (Å²) in [5.74, 6) is 0. The van der Waals surface area contributed by atoms with E-state index >= 15 is 0 Å². The molecule has 0 aromatic carbocycles. The van der Waals surface area contributed by atoms with Gasteiger partial charge in [0.15, 0.2) is 0 Å². The monoisotopic (exact) mass is 149 g/mol. The second-order valence-corrected chi connectivity index (χ2v) is 3.57. The smallest absolute Gasteiger partial charge is 0.0335 e. The molecule has 11 heavy (non-hydrogen) atoms. The Morgan fingerprint density at radius 1 is 1.18 bits per heavy atom. The molecule has 0 N–H and O–H groups in total. The van der Waals surface area contributed by atoms with Gasteiger partial charge in [-0.15, -0.1) is 0 Å². The van der Waals surface area contributed by atoms with Crippen molar-refractivity contribution in [3.8, 4) is 0 Å². The molecule has 1 nitrogen and oxygen atoms in total. The van der Waals surface area contributed by atoms with E-state index in [0.717, 1.165) is 6.04 Å². The molecular formula is C10H15N. The third kappa shape index (κ3) is 0.991. The van der Waals surface area contributed by atoms with Crippen molar-refractivity contribution in [3.05, 3.63) is 23.5 Å². The molecule has 1 aromatic rings. The lowest BCUT2D eigenvalue weighted by Gasteiger charge is -2.29. The molecule has 0 amide bonds. The lowest BCUT2D eigenvalue weighted by atomic mass is 9.92. The van der Waals surface area contributed by atoms with Crippen LogP contribution in [0.2, 0.25) is 0 Å². The topological polar surface area (TPSA) is 4.93 Å². The summed E-state index contributed by atoms with van der Waals surface area (Å²) in [7, 11) is 0. The number of hydrogen-bond acceptors (Lipinski definition) is 0. The molecule has 1 aromatic heterocycles. The molecule has 0 unspecified atom stereocenters. The minimum absolute atomic E-state index is 0.824. The van der Waals surface area contributed by atoms with Gasteiger partial charge in [-0.3, -0.25) is 0 Å². The van der Waals surface area contributed by atoms with Crippen LogP contribution in [0, 0.1) is 13.8 Å². The summed E-state index contributed by atoms with van der Waals surface area (Å²) in [5, 5.41) is 0. The highest BCUT2D eigenvalue weighted by atomic mass is 15.0. The molecule has 1 aliphatic carbocycles. The Bertz CT molecular complexity index is 236. The maximum atomic E-state index is 2.48. The van der Waals surface area contributed by atoms with Crippen LogP contribution in [0.25, 0.3) is 0 Å². The number of hydrogen-bond donors (Lipinski definition) is 0. The van der Waals surface area contributed by atoms with Gasteiger partial charge in [-0.25, -0.2) is 0 Å².